The third-order valence-electron chi connectivity index (χ3n) is 4.87. The zero-order chi connectivity index (χ0) is 15.6. The Morgan fingerprint density at radius 1 is 1.19 bits per heavy atom. The van der Waals surface area contributed by atoms with Gasteiger partial charge in [0.05, 0.1) is 5.92 Å². The number of amides is 2. The van der Waals surface area contributed by atoms with Crippen molar-refractivity contribution >= 4 is 12.0 Å². The number of likely N-dealkylation sites (N-methyl/N-ethyl adjacent to an activating group) is 1. The van der Waals surface area contributed by atoms with Gasteiger partial charge in [-0.05, 0) is 46.7 Å². The van der Waals surface area contributed by atoms with Gasteiger partial charge >= 0.3 is 12.0 Å². The highest BCUT2D eigenvalue weighted by Gasteiger charge is 2.35. The lowest BCUT2D eigenvalue weighted by Gasteiger charge is -2.42. The number of hydrogen-bond acceptors (Lipinski definition) is 3. The van der Waals surface area contributed by atoms with Crippen LogP contribution in [0, 0.1) is 5.92 Å². The van der Waals surface area contributed by atoms with Crippen LogP contribution in [-0.4, -0.2) is 77.6 Å². The highest BCUT2D eigenvalue weighted by atomic mass is 16.4. The molecule has 1 N–H and O–H groups in total. The number of piperidine rings is 2. The molecule has 0 aromatic rings. The Morgan fingerprint density at radius 3 is 2.48 bits per heavy atom. The molecule has 120 valence electrons. The van der Waals surface area contributed by atoms with Gasteiger partial charge in [-0.2, -0.15) is 0 Å². The maximum Gasteiger partial charge on any atom is 0.320 e. The molecule has 2 fully saturated rings. The summed E-state index contributed by atoms with van der Waals surface area (Å²) >= 11 is 0. The summed E-state index contributed by atoms with van der Waals surface area (Å²) in [7, 11) is 4.11. The topological polar surface area (TPSA) is 64.1 Å². The van der Waals surface area contributed by atoms with Crippen LogP contribution in [0.2, 0.25) is 0 Å². The van der Waals surface area contributed by atoms with Gasteiger partial charge in [-0.15, -0.1) is 0 Å². The number of likely N-dealkylation sites (tertiary alicyclic amines) is 2. The maximum atomic E-state index is 12.7. The van der Waals surface area contributed by atoms with E-state index < -0.39 is 5.97 Å². The largest absolute Gasteiger partial charge is 0.481 e. The van der Waals surface area contributed by atoms with Gasteiger partial charge in [0.2, 0.25) is 0 Å². The van der Waals surface area contributed by atoms with Crippen LogP contribution in [0.4, 0.5) is 4.79 Å². The third kappa shape index (κ3) is 3.67. The van der Waals surface area contributed by atoms with Gasteiger partial charge < -0.3 is 19.8 Å². The number of carboxylic acid groups (broad SMARTS) is 1. The van der Waals surface area contributed by atoms with Crippen molar-refractivity contribution in [3.8, 4) is 0 Å². The van der Waals surface area contributed by atoms with E-state index in [2.05, 4.69) is 19.0 Å². The van der Waals surface area contributed by atoms with E-state index in [9.17, 15) is 9.59 Å². The van der Waals surface area contributed by atoms with Crippen molar-refractivity contribution in [1.29, 1.82) is 0 Å². The smallest absolute Gasteiger partial charge is 0.320 e. The second-order valence-corrected chi connectivity index (χ2v) is 6.59. The van der Waals surface area contributed by atoms with Crippen LogP contribution in [0.15, 0.2) is 0 Å². The molecule has 0 aromatic carbocycles. The lowest BCUT2D eigenvalue weighted by molar-refractivity contribution is -0.143. The second-order valence-electron chi connectivity index (χ2n) is 6.59. The van der Waals surface area contributed by atoms with E-state index in [1.54, 1.807) is 0 Å². The molecule has 0 aromatic heterocycles. The fourth-order valence-electron chi connectivity index (χ4n) is 3.41. The van der Waals surface area contributed by atoms with E-state index in [-0.39, 0.29) is 18.0 Å². The first-order chi connectivity index (χ1) is 9.90. The summed E-state index contributed by atoms with van der Waals surface area (Å²) < 4.78 is 0. The molecule has 0 radical (unpaired) electrons. The van der Waals surface area contributed by atoms with Crippen molar-refractivity contribution in [2.45, 2.75) is 44.7 Å². The molecule has 0 saturated carbocycles. The quantitative estimate of drug-likeness (QED) is 0.835. The molecular formula is C15H27N3O3. The number of nitrogens with zero attached hydrogens (tertiary/aromatic N) is 3. The molecule has 0 spiro atoms. The molecule has 6 heteroatoms. The van der Waals surface area contributed by atoms with E-state index in [1.807, 2.05) is 16.7 Å². The van der Waals surface area contributed by atoms with Crippen molar-refractivity contribution in [2.24, 2.45) is 5.92 Å². The van der Waals surface area contributed by atoms with Crippen molar-refractivity contribution in [2.75, 3.05) is 33.7 Å². The summed E-state index contributed by atoms with van der Waals surface area (Å²) in [6.07, 6.45) is 3.30. The van der Waals surface area contributed by atoms with Gasteiger partial charge in [0.25, 0.3) is 0 Å². The predicted molar refractivity (Wildman–Crippen MR) is 80.2 cm³/mol. The number of rotatable bonds is 2. The number of urea groups is 1. The monoisotopic (exact) mass is 297 g/mol. The van der Waals surface area contributed by atoms with E-state index in [0.29, 0.717) is 25.4 Å². The highest BCUT2D eigenvalue weighted by Crippen LogP contribution is 2.25. The SMILES string of the molecule is CC1CC(C(=O)O)CCN1C(=O)N1CCCC(N(C)C)C1. The Kier molecular flexibility index (Phi) is 5.08. The van der Waals surface area contributed by atoms with Gasteiger partial charge in [0.1, 0.15) is 0 Å². The summed E-state index contributed by atoms with van der Waals surface area (Å²) in [5.41, 5.74) is 0. The summed E-state index contributed by atoms with van der Waals surface area (Å²) in [6.45, 7) is 4.10. The van der Waals surface area contributed by atoms with Crippen LogP contribution in [0.5, 0.6) is 0 Å². The normalized spacial score (nSPS) is 30.6. The number of carbonyl (C=O) groups excluding carboxylic acids is 1. The molecule has 2 aliphatic heterocycles. The molecule has 6 nitrogen and oxygen atoms in total. The molecular weight excluding hydrogens is 270 g/mol. The summed E-state index contributed by atoms with van der Waals surface area (Å²) in [4.78, 5) is 29.7. The van der Waals surface area contributed by atoms with Gasteiger partial charge in [-0.1, -0.05) is 0 Å². The summed E-state index contributed by atoms with van der Waals surface area (Å²) in [5, 5.41) is 9.11. The molecule has 2 amide bonds. The fourth-order valence-corrected chi connectivity index (χ4v) is 3.41. The van der Waals surface area contributed by atoms with Gasteiger partial charge in [-0.25, -0.2) is 4.79 Å². The Hall–Kier alpha value is -1.30. The van der Waals surface area contributed by atoms with Crippen LogP contribution < -0.4 is 0 Å². The van der Waals surface area contributed by atoms with Crippen LogP contribution in [-0.2, 0) is 4.79 Å². The Morgan fingerprint density at radius 2 is 1.90 bits per heavy atom. The van der Waals surface area contributed by atoms with E-state index in [1.165, 1.54) is 0 Å². The van der Waals surface area contributed by atoms with E-state index in [0.717, 1.165) is 25.9 Å². The number of hydrogen-bond donors (Lipinski definition) is 1. The van der Waals surface area contributed by atoms with Gasteiger partial charge in [0.15, 0.2) is 0 Å². The van der Waals surface area contributed by atoms with Crippen molar-refractivity contribution < 1.29 is 14.7 Å². The lowest BCUT2D eigenvalue weighted by Crippen LogP contribution is -2.55. The first kappa shape index (κ1) is 16.1. The number of aliphatic carboxylic acids is 1. The average molecular weight is 297 g/mol. The molecule has 2 rings (SSSR count). The Bertz CT molecular complexity index is 400. The van der Waals surface area contributed by atoms with Crippen molar-refractivity contribution in [1.82, 2.24) is 14.7 Å². The molecule has 2 saturated heterocycles. The minimum atomic E-state index is -0.736. The first-order valence-corrected chi connectivity index (χ1v) is 7.85. The Labute approximate surface area is 126 Å². The van der Waals surface area contributed by atoms with Crippen LogP contribution >= 0.6 is 0 Å². The maximum absolute atomic E-state index is 12.7. The first-order valence-electron chi connectivity index (χ1n) is 7.85. The summed E-state index contributed by atoms with van der Waals surface area (Å²) in [5.74, 6) is -1.04. The molecule has 21 heavy (non-hydrogen) atoms. The van der Waals surface area contributed by atoms with Gasteiger partial charge in [-0.3, -0.25) is 4.79 Å². The Balaban J connectivity index is 1.95. The lowest BCUT2D eigenvalue weighted by atomic mass is 9.92. The summed E-state index contributed by atoms with van der Waals surface area (Å²) in [6, 6.07) is 0.513. The zero-order valence-corrected chi connectivity index (χ0v) is 13.3. The minimum absolute atomic E-state index is 0.00656. The van der Waals surface area contributed by atoms with Crippen molar-refractivity contribution in [3.63, 3.8) is 0 Å². The molecule has 3 atom stereocenters. The van der Waals surface area contributed by atoms with Crippen molar-refractivity contribution in [3.05, 3.63) is 0 Å². The predicted octanol–water partition coefficient (Wildman–Crippen LogP) is 1.32. The fraction of sp³-hybridized carbons (Fsp3) is 0.867. The van der Waals surface area contributed by atoms with E-state index >= 15 is 0 Å². The van der Waals surface area contributed by atoms with Crippen LogP contribution in [0.3, 0.4) is 0 Å². The van der Waals surface area contributed by atoms with Crippen LogP contribution in [0.25, 0.3) is 0 Å². The third-order valence-corrected chi connectivity index (χ3v) is 4.87. The highest BCUT2D eigenvalue weighted by molar-refractivity contribution is 5.76. The molecule has 3 unspecified atom stereocenters. The molecule has 0 aliphatic carbocycles. The van der Waals surface area contributed by atoms with Gasteiger partial charge in [0, 0.05) is 31.7 Å². The molecule has 2 heterocycles. The minimum Gasteiger partial charge on any atom is -0.481 e. The number of carboxylic acids is 1. The van der Waals surface area contributed by atoms with E-state index in [4.69, 9.17) is 5.11 Å². The molecule has 2 aliphatic rings. The zero-order valence-electron chi connectivity index (χ0n) is 13.3. The second kappa shape index (κ2) is 6.64. The standard InChI is InChI=1S/C15H27N3O3/c1-11-9-12(14(19)20)6-8-18(11)15(21)17-7-4-5-13(10-17)16(2)3/h11-13H,4-10H2,1-3H3,(H,19,20). The average Bonchev–Trinajstić information content (AvgIpc) is 2.46. The molecule has 0 bridgehead atoms. The number of carbonyl (C=O) groups is 2. The van der Waals surface area contributed by atoms with Crippen LogP contribution in [0.1, 0.15) is 32.6 Å².